The molecule has 46 heavy (non-hydrogen) atoms. The van der Waals surface area contributed by atoms with Gasteiger partial charge in [-0.05, 0) is 47.7 Å². The molecule has 1 unspecified atom stereocenters. The number of carbonyl (C=O) groups is 4. The lowest BCUT2D eigenvalue weighted by atomic mass is 10.0. The van der Waals surface area contributed by atoms with Crippen LogP contribution in [0.2, 0.25) is 0 Å². The number of amides is 3. The minimum absolute atomic E-state index is 0.0143. The van der Waals surface area contributed by atoms with E-state index < -0.39 is 24.0 Å². The van der Waals surface area contributed by atoms with Crippen LogP contribution >= 0.6 is 0 Å². The van der Waals surface area contributed by atoms with Crippen LogP contribution in [0, 0.1) is 5.92 Å². The zero-order chi connectivity index (χ0) is 32.3. The topological polar surface area (TPSA) is 154 Å². The van der Waals surface area contributed by atoms with Gasteiger partial charge in [-0.2, -0.15) is 0 Å². The van der Waals surface area contributed by atoms with Crippen LogP contribution in [0.25, 0.3) is 11.0 Å². The van der Waals surface area contributed by atoms with Gasteiger partial charge >= 0.3 is 12.1 Å². The second-order valence-electron chi connectivity index (χ2n) is 11.6. The smallest absolute Gasteiger partial charge is 0.408 e. The van der Waals surface area contributed by atoms with Gasteiger partial charge in [0.05, 0.1) is 17.6 Å². The lowest BCUT2D eigenvalue weighted by Crippen LogP contribution is -2.48. The zero-order valence-corrected chi connectivity index (χ0v) is 25.6. The molecule has 4 aromatic rings. The van der Waals surface area contributed by atoms with Gasteiger partial charge in [-0.15, -0.1) is 0 Å². The van der Waals surface area contributed by atoms with Gasteiger partial charge in [-0.25, -0.2) is 14.6 Å². The van der Waals surface area contributed by atoms with Gasteiger partial charge in [0.15, 0.2) is 0 Å². The molecule has 1 atom stereocenters. The van der Waals surface area contributed by atoms with Crippen LogP contribution in [0.15, 0.2) is 78.9 Å². The van der Waals surface area contributed by atoms with E-state index >= 15 is 0 Å². The number of imidazole rings is 1. The largest absolute Gasteiger partial charge is 0.480 e. The molecule has 1 aromatic heterocycles. The van der Waals surface area contributed by atoms with Crippen molar-refractivity contribution >= 4 is 34.9 Å². The van der Waals surface area contributed by atoms with Gasteiger partial charge in [0.25, 0.3) is 5.91 Å². The Kier molecular flexibility index (Phi) is 11.0. The molecule has 11 nitrogen and oxygen atoms in total. The molecule has 1 aliphatic carbocycles. The molecule has 0 radical (unpaired) electrons. The Morgan fingerprint density at radius 3 is 2.35 bits per heavy atom. The van der Waals surface area contributed by atoms with Crippen molar-refractivity contribution in [3.8, 4) is 0 Å². The predicted octanol–water partition coefficient (Wildman–Crippen LogP) is 5.17. The number of nitrogens with one attached hydrogen (secondary N) is 3. The Morgan fingerprint density at radius 2 is 1.63 bits per heavy atom. The molecule has 0 spiro atoms. The number of nitrogens with zero attached hydrogens (tertiary/aromatic N) is 2. The van der Waals surface area contributed by atoms with E-state index in [1.54, 1.807) is 53.4 Å². The van der Waals surface area contributed by atoms with E-state index in [0.717, 1.165) is 28.6 Å². The molecule has 1 fully saturated rings. The van der Waals surface area contributed by atoms with Crippen molar-refractivity contribution in [3.63, 3.8) is 0 Å². The molecule has 240 valence electrons. The van der Waals surface area contributed by atoms with Crippen LogP contribution in [0.3, 0.4) is 0 Å². The van der Waals surface area contributed by atoms with E-state index in [-0.39, 0.29) is 19.1 Å². The summed E-state index contributed by atoms with van der Waals surface area (Å²) in [6.45, 7) is 0.326. The molecule has 11 heteroatoms. The van der Waals surface area contributed by atoms with Crippen molar-refractivity contribution in [1.29, 1.82) is 0 Å². The highest BCUT2D eigenvalue weighted by Gasteiger charge is 2.23. The SMILES string of the molecule is O=C(NC(CNC(=O)c1ccc(CN(Cc2nc3ccccc3[nH]2)C(=O)CCC2CCCC2)cc1)C(=O)O)OCc1ccccc1. The maximum absolute atomic E-state index is 13.4. The molecule has 1 saturated carbocycles. The van der Waals surface area contributed by atoms with E-state index in [9.17, 15) is 24.3 Å². The van der Waals surface area contributed by atoms with Gasteiger partial charge in [0.1, 0.15) is 18.5 Å². The highest BCUT2D eigenvalue weighted by atomic mass is 16.5. The summed E-state index contributed by atoms with van der Waals surface area (Å²) >= 11 is 0. The first-order valence-electron chi connectivity index (χ1n) is 15.6. The van der Waals surface area contributed by atoms with Crippen molar-refractivity contribution in [3.05, 3.63) is 101 Å². The molecule has 0 bridgehead atoms. The summed E-state index contributed by atoms with van der Waals surface area (Å²) in [5.74, 6) is -0.440. The minimum Gasteiger partial charge on any atom is -0.480 e. The van der Waals surface area contributed by atoms with E-state index in [1.165, 1.54) is 25.7 Å². The monoisotopic (exact) mass is 625 g/mol. The quantitative estimate of drug-likeness (QED) is 0.151. The number of alkyl carbamates (subject to hydrolysis) is 1. The van der Waals surface area contributed by atoms with Crippen LogP contribution in [0.1, 0.15) is 65.8 Å². The maximum atomic E-state index is 13.4. The number of carboxylic acid groups (broad SMARTS) is 1. The first kappa shape index (κ1) is 32.2. The second-order valence-corrected chi connectivity index (χ2v) is 11.6. The number of aromatic nitrogens is 2. The highest BCUT2D eigenvalue weighted by molar-refractivity contribution is 5.94. The van der Waals surface area contributed by atoms with Crippen molar-refractivity contribution in [2.45, 2.75) is 64.3 Å². The van der Waals surface area contributed by atoms with Crippen LogP contribution < -0.4 is 10.6 Å². The highest BCUT2D eigenvalue weighted by Crippen LogP contribution is 2.29. The number of fused-ring (bicyclic) bond motifs is 1. The summed E-state index contributed by atoms with van der Waals surface area (Å²) in [7, 11) is 0. The van der Waals surface area contributed by atoms with Gasteiger partial charge in [-0.3, -0.25) is 9.59 Å². The van der Waals surface area contributed by atoms with Gasteiger partial charge in [0, 0.05) is 25.1 Å². The fourth-order valence-electron chi connectivity index (χ4n) is 5.66. The Balaban J connectivity index is 1.16. The standard InChI is InChI=1S/C35H39N5O6/c41-32(19-16-24-8-4-5-9-24)40(22-31-37-28-12-6-7-13-29(28)38-31)21-25-14-17-27(18-15-25)33(42)36-20-30(34(43)44)39-35(45)46-23-26-10-2-1-3-11-26/h1-3,6-7,10-15,17-18,24,30H,4-5,8-9,16,19-23H2,(H,36,42)(H,37,38)(H,39,45)(H,43,44). The van der Waals surface area contributed by atoms with Gasteiger partial charge in [-0.1, -0.05) is 80.3 Å². The number of hydrogen-bond acceptors (Lipinski definition) is 6. The Hall–Kier alpha value is -5.19. The molecule has 4 N–H and O–H groups in total. The minimum atomic E-state index is -1.38. The molecular weight excluding hydrogens is 586 g/mol. The van der Waals surface area contributed by atoms with Crippen molar-refractivity contribution in [2.75, 3.05) is 6.54 Å². The third-order valence-corrected chi connectivity index (χ3v) is 8.23. The third kappa shape index (κ3) is 9.16. The fourth-order valence-corrected chi connectivity index (χ4v) is 5.66. The van der Waals surface area contributed by atoms with Crippen LogP contribution in [0.4, 0.5) is 4.79 Å². The number of carboxylic acids is 1. The van der Waals surface area contributed by atoms with Crippen LogP contribution in [-0.4, -0.2) is 56.4 Å². The number of carbonyl (C=O) groups excluding carboxylic acids is 3. The fraction of sp³-hybridized carbons (Fsp3) is 0.343. The second kappa shape index (κ2) is 15.7. The van der Waals surface area contributed by atoms with Crippen molar-refractivity contribution in [2.24, 2.45) is 5.92 Å². The van der Waals surface area contributed by atoms with Gasteiger partial charge < -0.3 is 30.4 Å². The molecular formula is C35H39N5O6. The van der Waals surface area contributed by atoms with E-state index in [1.807, 2.05) is 30.3 Å². The molecule has 1 aliphatic rings. The average Bonchev–Trinajstić information content (AvgIpc) is 3.74. The number of aliphatic carboxylic acids is 1. The van der Waals surface area contributed by atoms with E-state index in [2.05, 4.69) is 20.6 Å². The summed E-state index contributed by atoms with van der Waals surface area (Å²) in [4.78, 5) is 59.9. The number of rotatable bonds is 14. The molecule has 0 aliphatic heterocycles. The number of para-hydroxylation sites is 2. The summed E-state index contributed by atoms with van der Waals surface area (Å²) < 4.78 is 5.10. The first-order chi connectivity index (χ1) is 22.3. The number of hydrogen-bond donors (Lipinski definition) is 4. The molecule has 0 saturated heterocycles. The summed E-state index contributed by atoms with van der Waals surface area (Å²) in [6, 6.07) is 22.2. The molecule has 1 heterocycles. The predicted molar refractivity (Wildman–Crippen MR) is 172 cm³/mol. The zero-order valence-electron chi connectivity index (χ0n) is 25.6. The number of aromatic amines is 1. The van der Waals surface area contributed by atoms with Crippen LogP contribution in [-0.2, 0) is 34.0 Å². The Labute approximate surface area is 267 Å². The lowest BCUT2D eigenvalue weighted by Gasteiger charge is -2.23. The molecule has 5 rings (SSSR count). The Morgan fingerprint density at radius 1 is 0.913 bits per heavy atom. The third-order valence-electron chi connectivity index (χ3n) is 8.23. The number of H-pyrrole nitrogens is 1. The van der Waals surface area contributed by atoms with Crippen LogP contribution in [0.5, 0.6) is 0 Å². The molecule has 3 amide bonds. The number of ether oxygens (including phenoxy) is 1. The van der Waals surface area contributed by atoms with E-state index in [4.69, 9.17) is 4.74 Å². The lowest BCUT2D eigenvalue weighted by molar-refractivity contribution is -0.139. The maximum Gasteiger partial charge on any atom is 0.408 e. The molecule has 3 aromatic carbocycles. The van der Waals surface area contributed by atoms with Crippen molar-refractivity contribution in [1.82, 2.24) is 25.5 Å². The number of benzene rings is 3. The van der Waals surface area contributed by atoms with E-state index in [0.29, 0.717) is 36.8 Å². The summed E-state index contributed by atoms with van der Waals surface area (Å²) in [5, 5.41) is 14.4. The summed E-state index contributed by atoms with van der Waals surface area (Å²) in [5.41, 5.74) is 3.67. The summed E-state index contributed by atoms with van der Waals surface area (Å²) in [6.07, 6.45) is 5.28. The van der Waals surface area contributed by atoms with Gasteiger partial charge in [0.2, 0.25) is 5.91 Å². The Bertz CT molecular complexity index is 1600. The average molecular weight is 626 g/mol. The van der Waals surface area contributed by atoms with Crippen molar-refractivity contribution < 1.29 is 29.0 Å². The normalized spacial score (nSPS) is 13.7. The first-order valence-corrected chi connectivity index (χ1v) is 15.6.